The van der Waals surface area contributed by atoms with Crippen LogP contribution in [0, 0.1) is 0 Å². The number of H-pyrrole nitrogens is 1. The lowest BCUT2D eigenvalue weighted by atomic mass is 10.0. The normalized spacial score (nSPS) is 26.6. The summed E-state index contributed by atoms with van der Waals surface area (Å²) in [7, 11) is 0. The van der Waals surface area contributed by atoms with Gasteiger partial charge >= 0.3 is 0 Å². The summed E-state index contributed by atoms with van der Waals surface area (Å²) in [4.78, 5) is 31.0. The molecule has 2 fully saturated rings. The fraction of sp³-hybridized carbons (Fsp3) is 0.455. The summed E-state index contributed by atoms with van der Waals surface area (Å²) in [6, 6.07) is 7.99. The van der Waals surface area contributed by atoms with Gasteiger partial charge in [0.15, 0.2) is 6.29 Å². The van der Waals surface area contributed by atoms with Crippen molar-refractivity contribution in [1.82, 2.24) is 20.5 Å². The number of fused-ring (bicyclic) bond motifs is 2. The van der Waals surface area contributed by atoms with E-state index in [1.165, 1.54) is 0 Å². The zero-order valence-corrected chi connectivity index (χ0v) is 16.6. The fourth-order valence-electron chi connectivity index (χ4n) is 4.56. The number of amides is 2. The van der Waals surface area contributed by atoms with Crippen LogP contribution in [-0.4, -0.2) is 39.6 Å². The van der Waals surface area contributed by atoms with Gasteiger partial charge in [-0.1, -0.05) is 12.1 Å². The van der Waals surface area contributed by atoms with E-state index in [1.807, 2.05) is 36.1 Å². The molecule has 7 heteroatoms. The molecule has 29 heavy (non-hydrogen) atoms. The minimum atomic E-state index is -0.208. The number of nitrogens with zero attached hydrogens (tertiary/aromatic N) is 1. The van der Waals surface area contributed by atoms with Crippen molar-refractivity contribution in [3.63, 3.8) is 0 Å². The number of aromatic amines is 1. The summed E-state index contributed by atoms with van der Waals surface area (Å²) in [5.74, 6) is 0.0278. The van der Waals surface area contributed by atoms with Gasteiger partial charge in [0.1, 0.15) is 0 Å². The third-order valence-corrected chi connectivity index (χ3v) is 6.68. The van der Waals surface area contributed by atoms with Gasteiger partial charge in [0.25, 0.3) is 11.8 Å². The Morgan fingerprint density at radius 3 is 2.55 bits per heavy atom. The Labute approximate surface area is 169 Å². The van der Waals surface area contributed by atoms with Crippen molar-refractivity contribution >= 4 is 17.5 Å². The molecule has 1 aromatic heterocycles. The highest BCUT2D eigenvalue weighted by Gasteiger charge is 2.47. The molecule has 3 heterocycles. The molecule has 2 aliphatic heterocycles. The number of aromatic nitrogens is 1. The zero-order valence-electron chi connectivity index (χ0n) is 16.6. The number of hydrogen-bond donors (Lipinski definition) is 4. The summed E-state index contributed by atoms with van der Waals surface area (Å²) in [6.07, 6.45) is 4.17. The number of benzene rings is 1. The second-order valence-electron chi connectivity index (χ2n) is 9.13. The van der Waals surface area contributed by atoms with Crippen LogP contribution in [0.15, 0.2) is 24.3 Å². The molecule has 2 atom stereocenters. The molecule has 0 saturated heterocycles. The predicted octanol–water partition coefficient (Wildman–Crippen LogP) is 2.94. The van der Waals surface area contributed by atoms with Gasteiger partial charge < -0.3 is 20.5 Å². The van der Waals surface area contributed by atoms with Crippen LogP contribution in [0.5, 0.6) is 0 Å². The van der Waals surface area contributed by atoms with Crippen molar-refractivity contribution in [2.75, 3.05) is 5.32 Å². The van der Waals surface area contributed by atoms with Gasteiger partial charge in [0.05, 0.1) is 28.6 Å². The minimum absolute atomic E-state index is 0.0324. The Hall–Kier alpha value is -2.80. The van der Waals surface area contributed by atoms with Crippen molar-refractivity contribution in [3.05, 3.63) is 41.1 Å². The largest absolute Gasteiger partial charge is 0.356 e. The van der Waals surface area contributed by atoms with Gasteiger partial charge in [0, 0.05) is 22.8 Å². The monoisotopic (exact) mass is 391 g/mol. The summed E-state index contributed by atoms with van der Waals surface area (Å²) >= 11 is 0. The molecule has 0 spiro atoms. The number of rotatable bonds is 4. The molecule has 7 nitrogen and oxygen atoms in total. The van der Waals surface area contributed by atoms with E-state index in [2.05, 4.69) is 27.9 Å². The minimum Gasteiger partial charge on any atom is -0.356 e. The third kappa shape index (κ3) is 2.60. The lowest BCUT2D eigenvalue weighted by molar-refractivity contribution is 0.0617. The fourth-order valence-corrected chi connectivity index (χ4v) is 4.56. The number of nitrogens with one attached hydrogen (secondary N) is 4. The van der Waals surface area contributed by atoms with Crippen LogP contribution in [0.4, 0.5) is 5.69 Å². The molecule has 6 rings (SSSR count). The third-order valence-electron chi connectivity index (χ3n) is 6.68. The maximum absolute atomic E-state index is 13.4. The standard InChI is InChI=1S/C22H25N5O2/c1-11-17-15(19(28)23-11)10-16(24-17)13-4-3-5-14-18(13)25-21(26-22(2)8-9-22)27(20(14)29)12-6-7-12/h3-5,10-12,21,24-26H,6-9H2,1-2H3,(H,23,28). The first-order chi connectivity index (χ1) is 13.9. The van der Waals surface area contributed by atoms with E-state index in [-0.39, 0.29) is 29.7 Å². The van der Waals surface area contributed by atoms with Gasteiger partial charge in [-0.15, -0.1) is 0 Å². The molecule has 2 saturated carbocycles. The lowest BCUT2D eigenvalue weighted by Crippen LogP contribution is -2.59. The molecule has 2 aliphatic carbocycles. The lowest BCUT2D eigenvalue weighted by Gasteiger charge is -2.40. The first-order valence-electron chi connectivity index (χ1n) is 10.5. The van der Waals surface area contributed by atoms with Crippen LogP contribution in [0.3, 0.4) is 0 Å². The second kappa shape index (κ2) is 5.63. The Morgan fingerprint density at radius 2 is 1.86 bits per heavy atom. The summed E-state index contributed by atoms with van der Waals surface area (Å²) in [5.41, 5.74) is 5.01. The van der Waals surface area contributed by atoms with E-state index in [9.17, 15) is 9.59 Å². The average Bonchev–Trinajstić information content (AvgIpc) is 3.58. The number of carbonyl (C=O) groups excluding carboxylic acids is 2. The zero-order chi connectivity index (χ0) is 19.9. The molecular weight excluding hydrogens is 366 g/mol. The molecule has 2 aromatic rings. The molecule has 0 radical (unpaired) electrons. The number of para-hydroxylation sites is 1. The SMILES string of the molecule is CC1NC(=O)c2cc(-c3cccc4c3NC(NC3(C)CC3)N(C3CC3)C4=O)[nH]c21. The highest BCUT2D eigenvalue weighted by Crippen LogP contribution is 2.42. The molecule has 4 aliphatic rings. The Balaban J connectivity index is 1.43. The molecular formula is C22H25N5O2. The molecule has 2 amide bonds. The van der Waals surface area contributed by atoms with Crippen molar-refractivity contribution in [2.24, 2.45) is 0 Å². The van der Waals surface area contributed by atoms with Crippen LogP contribution in [0.25, 0.3) is 11.3 Å². The van der Waals surface area contributed by atoms with E-state index in [0.717, 1.165) is 48.3 Å². The maximum atomic E-state index is 13.4. The van der Waals surface area contributed by atoms with Gasteiger partial charge in [-0.3, -0.25) is 14.9 Å². The average molecular weight is 391 g/mol. The van der Waals surface area contributed by atoms with Crippen LogP contribution in [-0.2, 0) is 0 Å². The topological polar surface area (TPSA) is 89.3 Å². The smallest absolute Gasteiger partial charge is 0.258 e. The van der Waals surface area contributed by atoms with Gasteiger partial charge in [-0.2, -0.15) is 0 Å². The van der Waals surface area contributed by atoms with E-state index in [0.29, 0.717) is 17.2 Å². The highest BCUT2D eigenvalue weighted by atomic mass is 16.2. The van der Waals surface area contributed by atoms with Gasteiger partial charge in [-0.25, -0.2) is 0 Å². The molecule has 0 bridgehead atoms. The first-order valence-corrected chi connectivity index (χ1v) is 10.5. The van der Waals surface area contributed by atoms with E-state index < -0.39 is 0 Å². The van der Waals surface area contributed by atoms with Gasteiger partial charge in [-0.05, 0) is 51.7 Å². The Bertz CT molecular complexity index is 1050. The Kier molecular flexibility index (Phi) is 3.32. The van der Waals surface area contributed by atoms with Crippen LogP contribution >= 0.6 is 0 Å². The van der Waals surface area contributed by atoms with Crippen LogP contribution in [0.1, 0.15) is 72.0 Å². The first kappa shape index (κ1) is 17.1. The molecule has 4 N–H and O–H groups in total. The Morgan fingerprint density at radius 1 is 1.10 bits per heavy atom. The predicted molar refractivity (Wildman–Crippen MR) is 109 cm³/mol. The number of hydrogen-bond acceptors (Lipinski definition) is 4. The summed E-state index contributed by atoms with van der Waals surface area (Å²) in [5, 5.41) is 10.2. The van der Waals surface area contributed by atoms with E-state index in [4.69, 9.17) is 0 Å². The van der Waals surface area contributed by atoms with Crippen LogP contribution < -0.4 is 16.0 Å². The van der Waals surface area contributed by atoms with E-state index in [1.54, 1.807) is 0 Å². The quantitative estimate of drug-likeness (QED) is 0.645. The van der Waals surface area contributed by atoms with Crippen molar-refractivity contribution in [3.8, 4) is 11.3 Å². The highest BCUT2D eigenvalue weighted by molar-refractivity contribution is 6.06. The van der Waals surface area contributed by atoms with Gasteiger partial charge in [0.2, 0.25) is 0 Å². The molecule has 150 valence electrons. The second-order valence-corrected chi connectivity index (χ2v) is 9.13. The molecule has 1 aromatic carbocycles. The van der Waals surface area contributed by atoms with Crippen molar-refractivity contribution < 1.29 is 9.59 Å². The van der Waals surface area contributed by atoms with E-state index >= 15 is 0 Å². The number of carbonyl (C=O) groups is 2. The van der Waals surface area contributed by atoms with Crippen molar-refractivity contribution in [2.45, 2.75) is 63.4 Å². The molecule has 2 unspecified atom stereocenters. The summed E-state index contributed by atoms with van der Waals surface area (Å²) in [6.45, 7) is 4.18. The van der Waals surface area contributed by atoms with Crippen LogP contribution in [0.2, 0.25) is 0 Å². The number of anilines is 1. The summed E-state index contributed by atoms with van der Waals surface area (Å²) < 4.78 is 0. The van der Waals surface area contributed by atoms with Crippen molar-refractivity contribution in [1.29, 1.82) is 0 Å². The maximum Gasteiger partial charge on any atom is 0.258 e.